The second-order valence-electron chi connectivity index (χ2n) is 9.09. The minimum atomic E-state index is 0.105. The molecular formula is C25H32N2O. The van der Waals surface area contributed by atoms with E-state index in [0.29, 0.717) is 23.7 Å². The van der Waals surface area contributed by atoms with Crippen LogP contribution in [0.5, 0.6) is 0 Å². The van der Waals surface area contributed by atoms with Crippen LogP contribution in [0.15, 0.2) is 54.6 Å². The third kappa shape index (κ3) is 3.37. The molecule has 3 heteroatoms. The van der Waals surface area contributed by atoms with Crippen LogP contribution in [0.25, 0.3) is 0 Å². The van der Waals surface area contributed by atoms with Crippen LogP contribution >= 0.6 is 0 Å². The largest absolute Gasteiger partial charge is 0.270 e. The number of amides is 1. The van der Waals surface area contributed by atoms with Crippen molar-refractivity contribution in [2.75, 3.05) is 0 Å². The Bertz CT molecular complexity index is 814. The van der Waals surface area contributed by atoms with E-state index in [1.165, 1.54) is 24.0 Å². The summed E-state index contributed by atoms with van der Waals surface area (Å²) < 4.78 is 0. The Morgan fingerprint density at radius 3 is 2.36 bits per heavy atom. The number of fused-ring (bicyclic) bond motifs is 1. The zero-order valence-corrected chi connectivity index (χ0v) is 17.4. The van der Waals surface area contributed by atoms with Crippen molar-refractivity contribution in [1.82, 2.24) is 10.4 Å². The summed E-state index contributed by atoms with van der Waals surface area (Å²) in [6, 6.07) is 19.1. The number of carbonyl (C=O) groups is 1. The molecule has 4 rings (SSSR count). The maximum Gasteiger partial charge on any atom is 0.268 e. The fourth-order valence-corrected chi connectivity index (χ4v) is 5.37. The van der Waals surface area contributed by atoms with E-state index in [9.17, 15) is 4.79 Å². The highest BCUT2D eigenvalue weighted by Crippen LogP contribution is 2.49. The highest BCUT2D eigenvalue weighted by Gasteiger charge is 2.52. The smallest absolute Gasteiger partial charge is 0.268 e. The molecule has 1 saturated heterocycles. The Kier molecular flexibility index (Phi) is 5.29. The lowest BCUT2D eigenvalue weighted by molar-refractivity contribution is 0.0338. The molecule has 0 radical (unpaired) electrons. The van der Waals surface area contributed by atoms with Crippen molar-refractivity contribution in [3.8, 4) is 0 Å². The van der Waals surface area contributed by atoms with E-state index in [-0.39, 0.29) is 18.0 Å². The monoisotopic (exact) mass is 376 g/mol. The number of nitrogens with zero attached hydrogens (tertiary/aromatic N) is 1. The highest BCUT2D eigenvalue weighted by atomic mass is 16.2. The number of hydrazine groups is 1. The normalized spacial score (nSPS) is 29.8. The third-order valence-corrected chi connectivity index (χ3v) is 6.94. The average molecular weight is 377 g/mol. The molecule has 3 nitrogen and oxygen atoms in total. The van der Waals surface area contributed by atoms with Gasteiger partial charge in [-0.05, 0) is 55.2 Å². The first kappa shape index (κ1) is 19.2. The van der Waals surface area contributed by atoms with Gasteiger partial charge in [0.1, 0.15) is 0 Å². The van der Waals surface area contributed by atoms with Crippen molar-refractivity contribution in [2.24, 2.45) is 23.7 Å². The quantitative estimate of drug-likeness (QED) is 0.779. The van der Waals surface area contributed by atoms with E-state index in [4.69, 9.17) is 0 Å². The van der Waals surface area contributed by atoms with Gasteiger partial charge in [0, 0.05) is 11.5 Å². The lowest BCUT2D eigenvalue weighted by Gasteiger charge is -2.43. The Labute approximate surface area is 169 Å². The van der Waals surface area contributed by atoms with Crippen LogP contribution in [0.3, 0.4) is 0 Å². The van der Waals surface area contributed by atoms with E-state index in [2.05, 4.69) is 63.5 Å². The van der Waals surface area contributed by atoms with Crippen LogP contribution < -0.4 is 5.43 Å². The van der Waals surface area contributed by atoms with Crippen LogP contribution in [-0.2, 0) is 0 Å². The van der Waals surface area contributed by atoms with Gasteiger partial charge < -0.3 is 0 Å². The lowest BCUT2D eigenvalue weighted by atomic mass is 9.65. The SMILES string of the molecule is Cc1ccc(C(=O)N2N[C@H](c3ccccc3)[C@H]3[C@H]2[C@@H](C(C)C)CC[C@H]3C)cc1. The van der Waals surface area contributed by atoms with Gasteiger partial charge in [-0.1, -0.05) is 68.8 Å². The summed E-state index contributed by atoms with van der Waals surface area (Å²) in [5.74, 6) is 2.22. The van der Waals surface area contributed by atoms with Crippen molar-refractivity contribution in [1.29, 1.82) is 0 Å². The molecule has 2 aromatic rings. The molecule has 1 amide bonds. The Morgan fingerprint density at radius 2 is 1.71 bits per heavy atom. The summed E-state index contributed by atoms with van der Waals surface area (Å²) in [4.78, 5) is 13.5. The van der Waals surface area contributed by atoms with E-state index in [1.54, 1.807) is 0 Å². The Balaban J connectivity index is 1.74. The van der Waals surface area contributed by atoms with Crippen molar-refractivity contribution >= 4 is 5.91 Å². The Hall–Kier alpha value is -2.13. The minimum absolute atomic E-state index is 0.105. The topological polar surface area (TPSA) is 32.3 Å². The summed E-state index contributed by atoms with van der Waals surface area (Å²) in [6.45, 7) is 9.04. The van der Waals surface area contributed by atoms with Crippen molar-refractivity contribution in [3.05, 3.63) is 71.3 Å². The minimum Gasteiger partial charge on any atom is -0.270 e. The number of aryl methyl sites for hydroxylation is 1. The van der Waals surface area contributed by atoms with Gasteiger partial charge in [-0.15, -0.1) is 0 Å². The second-order valence-corrected chi connectivity index (χ2v) is 9.09. The maximum atomic E-state index is 13.5. The molecule has 0 aromatic heterocycles. The highest BCUT2D eigenvalue weighted by molar-refractivity contribution is 5.94. The van der Waals surface area contributed by atoms with Crippen LogP contribution in [0.4, 0.5) is 0 Å². The van der Waals surface area contributed by atoms with Gasteiger partial charge in [0.25, 0.3) is 5.91 Å². The summed E-state index contributed by atoms with van der Waals surface area (Å²) in [5.41, 5.74) is 6.89. The molecule has 0 unspecified atom stereocenters. The number of hydrogen-bond acceptors (Lipinski definition) is 2. The molecule has 2 fully saturated rings. The van der Waals surface area contributed by atoms with Crippen LogP contribution in [0, 0.1) is 30.6 Å². The van der Waals surface area contributed by atoms with Crippen molar-refractivity contribution in [3.63, 3.8) is 0 Å². The number of hydrogen-bond donors (Lipinski definition) is 1. The molecule has 5 atom stereocenters. The molecule has 1 N–H and O–H groups in total. The molecule has 1 saturated carbocycles. The van der Waals surface area contributed by atoms with E-state index in [1.807, 2.05) is 29.3 Å². The predicted octanol–water partition coefficient (Wildman–Crippen LogP) is 5.38. The first-order chi connectivity index (χ1) is 13.5. The zero-order valence-electron chi connectivity index (χ0n) is 17.4. The van der Waals surface area contributed by atoms with Gasteiger partial charge in [-0.2, -0.15) is 0 Å². The first-order valence-corrected chi connectivity index (χ1v) is 10.7. The average Bonchev–Trinajstić information content (AvgIpc) is 3.10. The zero-order chi connectivity index (χ0) is 19.8. The number of nitrogens with one attached hydrogen (secondary N) is 1. The molecule has 2 aliphatic rings. The van der Waals surface area contributed by atoms with Gasteiger partial charge in [-0.25, -0.2) is 5.43 Å². The molecule has 1 aliphatic heterocycles. The number of carbonyl (C=O) groups excluding carboxylic acids is 1. The molecule has 148 valence electrons. The summed E-state index contributed by atoms with van der Waals surface area (Å²) in [6.07, 6.45) is 2.43. The van der Waals surface area contributed by atoms with Crippen LogP contribution in [-0.4, -0.2) is 17.0 Å². The lowest BCUT2D eigenvalue weighted by Crippen LogP contribution is -2.50. The summed E-state index contributed by atoms with van der Waals surface area (Å²) >= 11 is 0. The van der Waals surface area contributed by atoms with Gasteiger partial charge in [-0.3, -0.25) is 9.80 Å². The van der Waals surface area contributed by atoms with Gasteiger partial charge in [0.15, 0.2) is 0 Å². The summed E-state index contributed by atoms with van der Waals surface area (Å²) in [5, 5.41) is 1.99. The van der Waals surface area contributed by atoms with E-state index in [0.717, 1.165) is 5.56 Å². The second kappa shape index (κ2) is 7.71. The molecule has 1 aliphatic carbocycles. The molecular weight excluding hydrogens is 344 g/mol. The fraction of sp³-hybridized carbons (Fsp3) is 0.480. The van der Waals surface area contributed by atoms with E-state index >= 15 is 0 Å². The van der Waals surface area contributed by atoms with Gasteiger partial charge >= 0.3 is 0 Å². The van der Waals surface area contributed by atoms with Crippen molar-refractivity contribution in [2.45, 2.75) is 52.6 Å². The molecule has 2 aromatic carbocycles. The first-order valence-electron chi connectivity index (χ1n) is 10.7. The maximum absolute atomic E-state index is 13.5. The number of benzene rings is 2. The molecule has 1 heterocycles. The van der Waals surface area contributed by atoms with Crippen LogP contribution in [0.2, 0.25) is 0 Å². The Morgan fingerprint density at radius 1 is 1.04 bits per heavy atom. The third-order valence-electron chi connectivity index (χ3n) is 6.94. The van der Waals surface area contributed by atoms with E-state index < -0.39 is 0 Å². The van der Waals surface area contributed by atoms with Crippen molar-refractivity contribution < 1.29 is 4.79 Å². The standard InChI is InChI=1S/C25H32N2O/c1-16(2)21-15-12-18(4)22-23(19-8-6-5-7-9-19)26-27(24(21)22)25(28)20-13-10-17(3)11-14-20/h5-11,13-14,16,18,21-24,26H,12,15H2,1-4H3/t18-,21-,22+,23-,24-/m1/s1. The molecule has 28 heavy (non-hydrogen) atoms. The molecule has 0 bridgehead atoms. The van der Waals surface area contributed by atoms with Gasteiger partial charge in [0.2, 0.25) is 0 Å². The molecule has 0 spiro atoms. The van der Waals surface area contributed by atoms with Gasteiger partial charge in [0.05, 0.1) is 12.1 Å². The number of rotatable bonds is 3. The fourth-order valence-electron chi connectivity index (χ4n) is 5.37. The predicted molar refractivity (Wildman–Crippen MR) is 114 cm³/mol. The van der Waals surface area contributed by atoms with Crippen LogP contribution in [0.1, 0.15) is 61.1 Å². The summed E-state index contributed by atoms with van der Waals surface area (Å²) in [7, 11) is 0.